The van der Waals surface area contributed by atoms with E-state index in [9.17, 15) is 10.1 Å². The molecule has 0 aliphatic rings. The SMILES string of the molecule is CCNc1ncc([N+](=O)[O-])c(SCc2ccco2)n1. The maximum Gasteiger partial charge on any atom is 0.319 e. The second kappa shape index (κ2) is 6.19. The summed E-state index contributed by atoms with van der Waals surface area (Å²) in [5.41, 5.74) is -0.0989. The van der Waals surface area contributed by atoms with Crippen LogP contribution in [0.1, 0.15) is 12.7 Å². The van der Waals surface area contributed by atoms with Gasteiger partial charge in [-0.3, -0.25) is 10.1 Å². The molecule has 0 bridgehead atoms. The summed E-state index contributed by atoms with van der Waals surface area (Å²) in [4.78, 5) is 18.5. The fourth-order valence-corrected chi connectivity index (χ4v) is 2.24. The van der Waals surface area contributed by atoms with E-state index >= 15 is 0 Å². The van der Waals surface area contributed by atoms with Crippen LogP contribution in [0.25, 0.3) is 0 Å². The molecule has 8 heteroatoms. The number of hydrogen-bond acceptors (Lipinski definition) is 7. The molecule has 2 aromatic heterocycles. The molecule has 7 nitrogen and oxygen atoms in total. The lowest BCUT2D eigenvalue weighted by molar-refractivity contribution is -0.388. The van der Waals surface area contributed by atoms with Gasteiger partial charge in [0.15, 0.2) is 5.03 Å². The van der Waals surface area contributed by atoms with E-state index in [-0.39, 0.29) is 5.69 Å². The molecule has 2 heterocycles. The molecule has 0 spiro atoms. The highest BCUT2D eigenvalue weighted by Crippen LogP contribution is 2.29. The molecule has 0 unspecified atom stereocenters. The molecular formula is C11H12N4O3S. The maximum atomic E-state index is 10.9. The number of thioether (sulfide) groups is 1. The summed E-state index contributed by atoms with van der Waals surface area (Å²) in [7, 11) is 0. The van der Waals surface area contributed by atoms with Crippen molar-refractivity contribution in [3.63, 3.8) is 0 Å². The van der Waals surface area contributed by atoms with Crippen molar-refractivity contribution < 1.29 is 9.34 Å². The van der Waals surface area contributed by atoms with Crippen LogP contribution in [-0.2, 0) is 5.75 Å². The molecule has 0 atom stereocenters. The Morgan fingerprint density at radius 2 is 2.42 bits per heavy atom. The van der Waals surface area contributed by atoms with E-state index in [0.29, 0.717) is 23.3 Å². The molecule has 0 saturated heterocycles. The van der Waals surface area contributed by atoms with Gasteiger partial charge in [0, 0.05) is 6.54 Å². The summed E-state index contributed by atoms with van der Waals surface area (Å²) in [6.45, 7) is 2.56. The van der Waals surface area contributed by atoms with Gasteiger partial charge in [0.25, 0.3) is 0 Å². The summed E-state index contributed by atoms with van der Waals surface area (Å²) < 4.78 is 5.18. The fraction of sp³-hybridized carbons (Fsp3) is 0.273. The molecule has 0 aliphatic heterocycles. The van der Waals surface area contributed by atoms with E-state index in [1.54, 1.807) is 12.3 Å². The van der Waals surface area contributed by atoms with Gasteiger partial charge in [-0.05, 0) is 19.1 Å². The Labute approximate surface area is 113 Å². The Bertz CT molecular complexity index is 559. The van der Waals surface area contributed by atoms with E-state index in [0.717, 1.165) is 5.76 Å². The first-order valence-electron chi connectivity index (χ1n) is 5.61. The number of nitrogens with one attached hydrogen (secondary N) is 1. The van der Waals surface area contributed by atoms with Gasteiger partial charge >= 0.3 is 5.69 Å². The third-order valence-corrected chi connectivity index (χ3v) is 3.20. The first-order valence-corrected chi connectivity index (χ1v) is 6.59. The Kier molecular flexibility index (Phi) is 4.35. The average Bonchev–Trinajstić information content (AvgIpc) is 2.89. The smallest absolute Gasteiger partial charge is 0.319 e. The first kappa shape index (κ1) is 13.3. The maximum absolute atomic E-state index is 10.9. The monoisotopic (exact) mass is 280 g/mol. The molecule has 0 saturated carbocycles. The van der Waals surface area contributed by atoms with Gasteiger partial charge in [-0.1, -0.05) is 11.8 Å². The van der Waals surface area contributed by atoms with Crippen LogP contribution in [0, 0.1) is 10.1 Å². The van der Waals surface area contributed by atoms with Crippen LogP contribution in [0.3, 0.4) is 0 Å². The quantitative estimate of drug-likeness (QED) is 0.376. The summed E-state index contributed by atoms with van der Waals surface area (Å²) >= 11 is 1.25. The zero-order valence-electron chi connectivity index (χ0n) is 10.2. The van der Waals surface area contributed by atoms with Gasteiger partial charge in [-0.2, -0.15) is 4.98 Å². The standard InChI is InChI=1S/C11H12N4O3S/c1-2-12-11-13-6-9(15(16)17)10(14-11)19-7-8-4-3-5-18-8/h3-6H,2,7H2,1H3,(H,12,13,14). The van der Waals surface area contributed by atoms with Gasteiger partial charge in [0.1, 0.15) is 12.0 Å². The van der Waals surface area contributed by atoms with Crippen LogP contribution in [0.5, 0.6) is 0 Å². The van der Waals surface area contributed by atoms with E-state index in [1.165, 1.54) is 18.0 Å². The first-order chi connectivity index (χ1) is 9.20. The number of aromatic nitrogens is 2. The van der Waals surface area contributed by atoms with Crippen LogP contribution in [-0.4, -0.2) is 21.4 Å². The number of anilines is 1. The average molecular weight is 280 g/mol. The third kappa shape index (κ3) is 3.44. The van der Waals surface area contributed by atoms with Gasteiger partial charge in [-0.15, -0.1) is 0 Å². The van der Waals surface area contributed by atoms with Crippen LogP contribution in [0.15, 0.2) is 34.0 Å². The minimum absolute atomic E-state index is 0.0989. The molecule has 2 rings (SSSR count). The van der Waals surface area contributed by atoms with E-state index in [2.05, 4.69) is 15.3 Å². The molecule has 0 aromatic carbocycles. The van der Waals surface area contributed by atoms with E-state index in [1.807, 2.05) is 13.0 Å². The molecule has 0 aliphatic carbocycles. The second-order valence-electron chi connectivity index (χ2n) is 3.54. The van der Waals surface area contributed by atoms with Crippen molar-refractivity contribution in [2.75, 3.05) is 11.9 Å². The largest absolute Gasteiger partial charge is 0.468 e. The van der Waals surface area contributed by atoms with Gasteiger partial charge in [0.2, 0.25) is 5.95 Å². The van der Waals surface area contributed by atoms with Crippen molar-refractivity contribution in [2.45, 2.75) is 17.7 Å². The number of hydrogen-bond donors (Lipinski definition) is 1. The Balaban J connectivity index is 2.19. The predicted octanol–water partition coefficient (Wildman–Crippen LogP) is 2.70. The lowest BCUT2D eigenvalue weighted by Crippen LogP contribution is -2.04. The van der Waals surface area contributed by atoms with Crippen molar-refractivity contribution in [3.05, 3.63) is 40.5 Å². The molecule has 2 aromatic rings. The second-order valence-corrected chi connectivity index (χ2v) is 4.50. The Morgan fingerprint density at radius 1 is 1.58 bits per heavy atom. The van der Waals surface area contributed by atoms with Crippen molar-refractivity contribution in [2.24, 2.45) is 0 Å². The topological polar surface area (TPSA) is 94.1 Å². The zero-order chi connectivity index (χ0) is 13.7. The van der Waals surface area contributed by atoms with E-state index < -0.39 is 4.92 Å². The summed E-state index contributed by atoms with van der Waals surface area (Å²) in [6, 6.07) is 3.58. The summed E-state index contributed by atoms with van der Waals surface area (Å²) in [6.07, 6.45) is 2.78. The minimum atomic E-state index is -0.486. The van der Waals surface area contributed by atoms with E-state index in [4.69, 9.17) is 4.42 Å². The summed E-state index contributed by atoms with van der Waals surface area (Å²) in [5.74, 6) is 1.61. The van der Waals surface area contributed by atoms with Crippen molar-refractivity contribution in [3.8, 4) is 0 Å². The Morgan fingerprint density at radius 3 is 3.05 bits per heavy atom. The highest BCUT2D eigenvalue weighted by atomic mass is 32.2. The highest BCUT2D eigenvalue weighted by molar-refractivity contribution is 7.98. The molecule has 100 valence electrons. The molecule has 1 N–H and O–H groups in total. The van der Waals surface area contributed by atoms with Crippen molar-refractivity contribution in [1.29, 1.82) is 0 Å². The van der Waals surface area contributed by atoms with Gasteiger partial charge < -0.3 is 9.73 Å². The zero-order valence-corrected chi connectivity index (χ0v) is 11.0. The van der Waals surface area contributed by atoms with Crippen molar-refractivity contribution >= 4 is 23.4 Å². The normalized spacial score (nSPS) is 10.4. The number of furan rings is 1. The van der Waals surface area contributed by atoms with Crippen LogP contribution in [0.2, 0.25) is 0 Å². The summed E-state index contributed by atoms with van der Waals surface area (Å²) in [5, 5.41) is 14.2. The number of rotatable bonds is 6. The van der Waals surface area contributed by atoms with Crippen LogP contribution in [0.4, 0.5) is 11.6 Å². The van der Waals surface area contributed by atoms with Crippen LogP contribution < -0.4 is 5.32 Å². The number of nitro groups is 1. The van der Waals surface area contributed by atoms with Crippen molar-refractivity contribution in [1.82, 2.24) is 9.97 Å². The lowest BCUT2D eigenvalue weighted by Gasteiger charge is -2.04. The minimum Gasteiger partial charge on any atom is -0.468 e. The third-order valence-electron chi connectivity index (χ3n) is 2.20. The molecule has 0 amide bonds. The molecule has 0 radical (unpaired) electrons. The molecule has 19 heavy (non-hydrogen) atoms. The highest BCUT2D eigenvalue weighted by Gasteiger charge is 2.18. The molecule has 0 fully saturated rings. The molecular weight excluding hydrogens is 268 g/mol. The number of nitrogens with zero attached hydrogens (tertiary/aromatic N) is 3. The van der Waals surface area contributed by atoms with Crippen LogP contribution >= 0.6 is 11.8 Å². The fourth-order valence-electron chi connectivity index (χ4n) is 1.37. The predicted molar refractivity (Wildman–Crippen MR) is 71.1 cm³/mol. The van der Waals surface area contributed by atoms with Gasteiger partial charge in [0.05, 0.1) is 16.9 Å². The van der Waals surface area contributed by atoms with Gasteiger partial charge in [-0.25, -0.2) is 4.98 Å². The lowest BCUT2D eigenvalue weighted by atomic mass is 10.5. The Hall–Kier alpha value is -2.09.